The number of H-pyrrole nitrogens is 1. The minimum atomic E-state index is -3.76. The van der Waals surface area contributed by atoms with Crippen molar-refractivity contribution in [1.82, 2.24) is 14.9 Å². The lowest BCUT2D eigenvalue weighted by Crippen LogP contribution is -2.43. The zero-order valence-electron chi connectivity index (χ0n) is 17.8. The highest BCUT2D eigenvalue weighted by Crippen LogP contribution is 2.31. The van der Waals surface area contributed by atoms with E-state index < -0.39 is 16.1 Å². The van der Waals surface area contributed by atoms with Crippen LogP contribution >= 0.6 is 0 Å². The summed E-state index contributed by atoms with van der Waals surface area (Å²) in [6.45, 7) is 2.28. The van der Waals surface area contributed by atoms with Crippen LogP contribution in [0.3, 0.4) is 0 Å². The summed E-state index contributed by atoms with van der Waals surface area (Å²) in [6, 6.07) is 14.6. The predicted octanol–water partition coefficient (Wildman–Crippen LogP) is 2.30. The van der Waals surface area contributed by atoms with Crippen LogP contribution in [0.15, 0.2) is 68.7 Å². The minimum Gasteiger partial charge on any atom is -0.343 e. The Morgan fingerprint density at radius 1 is 1.15 bits per heavy atom. The average molecular weight is 464 g/mol. The monoisotopic (exact) mass is 463 g/mol. The highest BCUT2D eigenvalue weighted by atomic mass is 32.2. The number of likely N-dealkylation sites (tertiary alicyclic amines) is 1. The Balaban J connectivity index is 1.40. The van der Waals surface area contributed by atoms with Crippen molar-refractivity contribution in [2.45, 2.75) is 30.7 Å². The summed E-state index contributed by atoms with van der Waals surface area (Å²) in [5.41, 5.74) is 2.08. The number of nitrogens with one attached hydrogen (secondary N) is 2. The second kappa shape index (κ2) is 7.96. The van der Waals surface area contributed by atoms with Crippen LogP contribution in [-0.4, -0.2) is 47.6 Å². The van der Waals surface area contributed by atoms with E-state index in [-0.39, 0.29) is 16.4 Å². The van der Waals surface area contributed by atoms with Gasteiger partial charge in [0.1, 0.15) is 16.8 Å². The molecule has 168 valence electrons. The van der Waals surface area contributed by atoms with Gasteiger partial charge in [0.2, 0.25) is 5.91 Å². The molecule has 0 spiro atoms. The van der Waals surface area contributed by atoms with Crippen molar-refractivity contribution in [3.63, 3.8) is 0 Å². The standard InChI is InChI=1S/C23H21N5O4S/c1-14-12-20(29)26-21(24-14)15-6-4-7-16(13-15)25-23(30)18-9-5-11-28(18)22-17-8-2-3-10-19(17)33(31,32)27-22/h2-4,6-8,10,12-13,18H,5,9,11H2,1H3,(H,25,30)(H,24,26,29)/t18-/m0/s1. The fourth-order valence-electron chi connectivity index (χ4n) is 4.27. The SMILES string of the molecule is Cc1cc(=O)[nH]c(-c2cccc(NC(=O)[C@@H]3CCCN3C3=NS(=O)(=O)c4ccccc43)c2)n1. The van der Waals surface area contributed by atoms with E-state index in [0.717, 1.165) is 6.42 Å². The van der Waals surface area contributed by atoms with Crippen LogP contribution in [0.1, 0.15) is 24.1 Å². The molecule has 1 fully saturated rings. The molecule has 2 aromatic carbocycles. The average Bonchev–Trinajstić information content (AvgIpc) is 3.36. The van der Waals surface area contributed by atoms with Crippen molar-refractivity contribution in [2.75, 3.05) is 11.9 Å². The lowest BCUT2D eigenvalue weighted by molar-refractivity contribution is -0.119. The number of nitrogens with zero attached hydrogens (tertiary/aromatic N) is 3. The molecule has 1 amide bonds. The smallest absolute Gasteiger partial charge is 0.285 e. The first-order chi connectivity index (χ1) is 15.8. The molecule has 3 aromatic rings. The molecule has 0 saturated carbocycles. The van der Waals surface area contributed by atoms with E-state index in [1.165, 1.54) is 12.1 Å². The van der Waals surface area contributed by atoms with Crippen molar-refractivity contribution in [3.05, 3.63) is 76.2 Å². The van der Waals surface area contributed by atoms with Gasteiger partial charge in [-0.15, -0.1) is 4.40 Å². The molecule has 9 nitrogen and oxygen atoms in total. The van der Waals surface area contributed by atoms with Crippen LogP contribution in [0, 0.1) is 6.92 Å². The second-order valence-electron chi connectivity index (χ2n) is 8.04. The van der Waals surface area contributed by atoms with E-state index in [0.29, 0.717) is 47.1 Å². The van der Waals surface area contributed by atoms with E-state index in [2.05, 4.69) is 19.7 Å². The van der Waals surface area contributed by atoms with Gasteiger partial charge in [-0.25, -0.2) is 4.98 Å². The molecule has 2 N–H and O–H groups in total. The first-order valence-electron chi connectivity index (χ1n) is 10.5. The molecule has 5 rings (SSSR count). The Labute approximate surface area is 190 Å². The lowest BCUT2D eigenvalue weighted by Gasteiger charge is -2.25. The number of fused-ring (bicyclic) bond motifs is 1. The molecular formula is C23H21N5O4S. The van der Waals surface area contributed by atoms with Crippen molar-refractivity contribution in [2.24, 2.45) is 4.40 Å². The fourth-order valence-corrected chi connectivity index (χ4v) is 5.49. The maximum atomic E-state index is 13.2. The van der Waals surface area contributed by atoms with Gasteiger partial charge in [0.15, 0.2) is 5.84 Å². The van der Waals surface area contributed by atoms with Crippen LogP contribution < -0.4 is 10.9 Å². The molecule has 10 heteroatoms. The molecule has 2 aliphatic rings. The summed E-state index contributed by atoms with van der Waals surface area (Å²) < 4.78 is 28.9. The van der Waals surface area contributed by atoms with Gasteiger partial charge in [-0.3, -0.25) is 9.59 Å². The van der Waals surface area contributed by atoms with E-state index in [4.69, 9.17) is 0 Å². The molecule has 1 aromatic heterocycles. The van der Waals surface area contributed by atoms with Gasteiger partial charge in [0, 0.05) is 35.1 Å². The molecule has 33 heavy (non-hydrogen) atoms. The van der Waals surface area contributed by atoms with Crippen molar-refractivity contribution in [3.8, 4) is 11.4 Å². The Hall–Kier alpha value is -3.79. The van der Waals surface area contributed by atoms with Gasteiger partial charge >= 0.3 is 0 Å². The number of sulfonamides is 1. The minimum absolute atomic E-state index is 0.165. The maximum absolute atomic E-state index is 13.2. The second-order valence-corrected chi connectivity index (χ2v) is 9.62. The number of amidine groups is 1. The summed E-state index contributed by atoms with van der Waals surface area (Å²) in [6.07, 6.45) is 1.33. The number of aromatic amines is 1. The number of rotatable bonds is 3. The third-order valence-corrected chi connectivity index (χ3v) is 7.04. The van der Waals surface area contributed by atoms with Crippen LogP contribution in [0.5, 0.6) is 0 Å². The molecule has 1 atom stereocenters. The molecule has 1 saturated heterocycles. The highest BCUT2D eigenvalue weighted by Gasteiger charge is 2.39. The largest absolute Gasteiger partial charge is 0.343 e. The molecule has 0 radical (unpaired) electrons. The van der Waals surface area contributed by atoms with Gasteiger partial charge in [-0.05, 0) is 44.0 Å². The molecule has 0 aliphatic carbocycles. The summed E-state index contributed by atoms with van der Waals surface area (Å²) in [5, 5.41) is 2.92. The number of benzene rings is 2. The number of aryl methyl sites for hydroxylation is 1. The zero-order chi connectivity index (χ0) is 23.2. The molecule has 0 bridgehead atoms. The summed E-state index contributed by atoms with van der Waals surface area (Å²) in [5.74, 6) is 0.485. The van der Waals surface area contributed by atoms with E-state index in [9.17, 15) is 18.0 Å². The number of carbonyl (C=O) groups is 1. The number of amides is 1. The molecule has 3 heterocycles. The number of hydrogen-bond donors (Lipinski definition) is 2. The highest BCUT2D eigenvalue weighted by molar-refractivity contribution is 7.90. The fraction of sp³-hybridized carbons (Fsp3) is 0.217. The maximum Gasteiger partial charge on any atom is 0.285 e. The quantitative estimate of drug-likeness (QED) is 0.614. The summed E-state index contributed by atoms with van der Waals surface area (Å²) in [4.78, 5) is 34.0. The van der Waals surface area contributed by atoms with E-state index >= 15 is 0 Å². The third kappa shape index (κ3) is 3.93. The van der Waals surface area contributed by atoms with Crippen LogP contribution in [0.2, 0.25) is 0 Å². The van der Waals surface area contributed by atoms with Gasteiger partial charge in [-0.1, -0.05) is 24.3 Å². The van der Waals surface area contributed by atoms with Gasteiger partial charge in [-0.2, -0.15) is 8.42 Å². The Kier molecular flexibility index (Phi) is 5.09. The Bertz CT molecular complexity index is 1460. The van der Waals surface area contributed by atoms with E-state index in [1.807, 2.05) is 0 Å². The van der Waals surface area contributed by atoms with E-state index in [1.54, 1.807) is 54.3 Å². The van der Waals surface area contributed by atoms with Crippen LogP contribution in [0.25, 0.3) is 11.4 Å². The first-order valence-corrected chi connectivity index (χ1v) is 12.0. The lowest BCUT2D eigenvalue weighted by atomic mass is 10.1. The van der Waals surface area contributed by atoms with Gasteiger partial charge < -0.3 is 15.2 Å². The van der Waals surface area contributed by atoms with Crippen molar-refractivity contribution in [1.29, 1.82) is 0 Å². The number of anilines is 1. The Morgan fingerprint density at radius 3 is 2.79 bits per heavy atom. The molecule has 2 aliphatic heterocycles. The normalized spacial score (nSPS) is 18.6. The predicted molar refractivity (Wildman–Crippen MR) is 124 cm³/mol. The topological polar surface area (TPSA) is 125 Å². The van der Waals surface area contributed by atoms with Crippen molar-refractivity contribution < 1.29 is 13.2 Å². The van der Waals surface area contributed by atoms with Crippen LogP contribution in [-0.2, 0) is 14.8 Å². The summed E-state index contributed by atoms with van der Waals surface area (Å²) in [7, 11) is -3.76. The number of carbonyl (C=O) groups excluding carboxylic acids is 1. The first kappa shape index (κ1) is 21.1. The number of aromatic nitrogens is 2. The zero-order valence-corrected chi connectivity index (χ0v) is 18.6. The van der Waals surface area contributed by atoms with Crippen LogP contribution in [0.4, 0.5) is 5.69 Å². The Morgan fingerprint density at radius 2 is 1.97 bits per heavy atom. The summed E-state index contributed by atoms with van der Waals surface area (Å²) >= 11 is 0. The van der Waals surface area contributed by atoms with Gasteiger partial charge in [0.05, 0.1) is 0 Å². The third-order valence-electron chi connectivity index (χ3n) is 5.71. The van der Waals surface area contributed by atoms with Crippen molar-refractivity contribution >= 4 is 27.5 Å². The molecule has 0 unspecified atom stereocenters. The molecular weight excluding hydrogens is 442 g/mol. The van der Waals surface area contributed by atoms with Gasteiger partial charge in [0.25, 0.3) is 15.6 Å². The number of hydrogen-bond acceptors (Lipinski definition) is 6.